The molecule has 1 aromatic heterocycles. The van der Waals surface area contributed by atoms with Crippen LogP contribution in [0.15, 0.2) is 16.9 Å². The molecule has 4 nitrogen and oxygen atoms in total. The monoisotopic (exact) mass is 282 g/mol. The zero-order valence-corrected chi connectivity index (χ0v) is 10.8. The minimum absolute atomic E-state index is 0.0780. The molecule has 0 bridgehead atoms. The Morgan fingerprint density at radius 1 is 1.38 bits per heavy atom. The standard InChI is InChI=1S/C11H11BrN2O2/c1-6-4-13-5-7(14-6)9-8(12)10(15)11(2,3)16-9/h4-5H,1-3H3. The molecule has 0 aromatic carbocycles. The number of rotatable bonds is 1. The second kappa shape index (κ2) is 3.66. The predicted molar refractivity (Wildman–Crippen MR) is 62.8 cm³/mol. The van der Waals surface area contributed by atoms with Crippen molar-refractivity contribution in [2.45, 2.75) is 26.4 Å². The van der Waals surface area contributed by atoms with Gasteiger partial charge in [0, 0.05) is 6.20 Å². The van der Waals surface area contributed by atoms with Gasteiger partial charge in [-0.25, -0.2) is 4.98 Å². The molecule has 0 fully saturated rings. The molecule has 0 saturated heterocycles. The van der Waals surface area contributed by atoms with Crippen LogP contribution in [0, 0.1) is 6.92 Å². The summed E-state index contributed by atoms with van der Waals surface area (Å²) >= 11 is 3.24. The van der Waals surface area contributed by atoms with Crippen LogP contribution in [0.3, 0.4) is 0 Å². The molecule has 0 radical (unpaired) electrons. The van der Waals surface area contributed by atoms with Gasteiger partial charge in [-0.3, -0.25) is 9.78 Å². The minimum atomic E-state index is -0.834. The predicted octanol–water partition coefficient (Wildman–Crippen LogP) is 2.23. The molecule has 0 atom stereocenters. The minimum Gasteiger partial charge on any atom is -0.476 e. The van der Waals surface area contributed by atoms with Crippen LogP contribution in [0.4, 0.5) is 0 Å². The summed E-state index contributed by atoms with van der Waals surface area (Å²) < 4.78 is 6.02. The van der Waals surface area contributed by atoms with E-state index in [4.69, 9.17) is 4.74 Å². The van der Waals surface area contributed by atoms with E-state index in [1.807, 2.05) is 6.92 Å². The van der Waals surface area contributed by atoms with Crippen molar-refractivity contribution in [3.05, 3.63) is 28.3 Å². The fraction of sp³-hybridized carbons (Fsp3) is 0.364. The second-order valence-corrected chi connectivity index (χ2v) is 4.92. The highest BCUT2D eigenvalue weighted by molar-refractivity contribution is 9.12. The number of ketones is 1. The highest BCUT2D eigenvalue weighted by Crippen LogP contribution is 2.38. The van der Waals surface area contributed by atoms with E-state index in [0.29, 0.717) is 15.9 Å². The van der Waals surface area contributed by atoms with Gasteiger partial charge >= 0.3 is 0 Å². The lowest BCUT2D eigenvalue weighted by atomic mass is 10.1. The molecule has 0 unspecified atom stereocenters. The maximum absolute atomic E-state index is 11.8. The summed E-state index contributed by atoms with van der Waals surface area (Å²) in [6.07, 6.45) is 3.23. The normalized spacial score (nSPS) is 18.9. The van der Waals surface area contributed by atoms with Crippen LogP contribution in [0.5, 0.6) is 0 Å². The summed E-state index contributed by atoms with van der Waals surface area (Å²) in [7, 11) is 0. The number of halogens is 1. The Morgan fingerprint density at radius 3 is 2.56 bits per heavy atom. The first kappa shape index (κ1) is 11.3. The summed E-state index contributed by atoms with van der Waals surface area (Å²) in [4.78, 5) is 20.1. The molecule has 0 N–H and O–H groups in total. The molecule has 16 heavy (non-hydrogen) atoms. The Morgan fingerprint density at radius 2 is 2.06 bits per heavy atom. The van der Waals surface area contributed by atoms with Gasteiger partial charge in [0.05, 0.1) is 11.9 Å². The lowest BCUT2D eigenvalue weighted by Gasteiger charge is -2.17. The molecule has 1 aromatic rings. The van der Waals surface area contributed by atoms with Crippen LogP contribution in [0.2, 0.25) is 0 Å². The maximum Gasteiger partial charge on any atom is 0.216 e. The quantitative estimate of drug-likeness (QED) is 0.793. The highest BCUT2D eigenvalue weighted by Gasteiger charge is 2.41. The average molecular weight is 283 g/mol. The van der Waals surface area contributed by atoms with Crippen molar-refractivity contribution in [1.82, 2.24) is 9.97 Å². The topological polar surface area (TPSA) is 52.1 Å². The molecule has 84 valence electrons. The van der Waals surface area contributed by atoms with Crippen molar-refractivity contribution in [3.63, 3.8) is 0 Å². The first-order valence-corrected chi connectivity index (χ1v) is 5.64. The Kier molecular flexibility index (Phi) is 2.58. The van der Waals surface area contributed by atoms with Crippen LogP contribution in [0.25, 0.3) is 5.76 Å². The van der Waals surface area contributed by atoms with Crippen molar-refractivity contribution < 1.29 is 9.53 Å². The van der Waals surface area contributed by atoms with Crippen molar-refractivity contribution in [2.75, 3.05) is 0 Å². The smallest absolute Gasteiger partial charge is 0.216 e. The Labute approximate surface area is 102 Å². The molecular weight excluding hydrogens is 272 g/mol. The van der Waals surface area contributed by atoms with Gasteiger partial charge in [-0.05, 0) is 36.7 Å². The average Bonchev–Trinajstić information content (AvgIpc) is 2.42. The molecule has 5 heteroatoms. The van der Waals surface area contributed by atoms with E-state index in [1.54, 1.807) is 26.2 Å². The highest BCUT2D eigenvalue weighted by atomic mass is 79.9. The molecule has 2 rings (SSSR count). The lowest BCUT2D eigenvalue weighted by molar-refractivity contribution is -0.125. The van der Waals surface area contributed by atoms with Crippen molar-refractivity contribution in [3.8, 4) is 0 Å². The van der Waals surface area contributed by atoms with E-state index >= 15 is 0 Å². The van der Waals surface area contributed by atoms with Gasteiger partial charge in [0.2, 0.25) is 5.78 Å². The van der Waals surface area contributed by atoms with E-state index in [-0.39, 0.29) is 5.78 Å². The first-order valence-electron chi connectivity index (χ1n) is 4.84. The van der Waals surface area contributed by atoms with Crippen molar-refractivity contribution in [2.24, 2.45) is 0 Å². The first-order chi connectivity index (χ1) is 7.42. The van der Waals surface area contributed by atoms with Gasteiger partial charge < -0.3 is 4.74 Å². The van der Waals surface area contributed by atoms with E-state index in [1.165, 1.54) is 0 Å². The summed E-state index contributed by atoms with van der Waals surface area (Å²) in [5.74, 6) is 0.386. The number of aromatic nitrogens is 2. The van der Waals surface area contributed by atoms with E-state index in [9.17, 15) is 4.79 Å². The summed E-state index contributed by atoms with van der Waals surface area (Å²) in [5, 5.41) is 0. The third-order valence-corrected chi connectivity index (χ3v) is 3.01. The number of carbonyl (C=O) groups excluding carboxylic acids is 1. The fourth-order valence-electron chi connectivity index (χ4n) is 1.45. The van der Waals surface area contributed by atoms with Gasteiger partial charge in [0.25, 0.3) is 0 Å². The number of hydrogen-bond acceptors (Lipinski definition) is 4. The fourth-order valence-corrected chi connectivity index (χ4v) is 2.21. The van der Waals surface area contributed by atoms with E-state index in [0.717, 1.165) is 5.69 Å². The van der Waals surface area contributed by atoms with Gasteiger partial charge in [0.1, 0.15) is 10.2 Å². The number of hydrogen-bond donors (Lipinski definition) is 0. The third-order valence-electron chi connectivity index (χ3n) is 2.29. The molecule has 0 aliphatic carbocycles. The molecule has 1 aliphatic rings. The van der Waals surface area contributed by atoms with Gasteiger partial charge in [-0.15, -0.1) is 0 Å². The third kappa shape index (κ3) is 1.75. The molecule has 0 amide bonds. The lowest BCUT2D eigenvalue weighted by Crippen LogP contribution is -2.28. The summed E-state index contributed by atoms with van der Waals surface area (Å²) in [6, 6.07) is 0. The SMILES string of the molecule is Cc1cncc(C2=C(Br)C(=O)C(C)(C)O2)n1. The van der Waals surface area contributed by atoms with Gasteiger partial charge in [0.15, 0.2) is 11.4 Å². The van der Waals surface area contributed by atoms with Crippen LogP contribution < -0.4 is 0 Å². The number of nitrogens with zero attached hydrogens (tertiary/aromatic N) is 2. The Bertz CT molecular complexity index is 495. The van der Waals surface area contributed by atoms with Crippen LogP contribution >= 0.6 is 15.9 Å². The zero-order valence-electron chi connectivity index (χ0n) is 9.24. The largest absolute Gasteiger partial charge is 0.476 e. The number of carbonyl (C=O) groups is 1. The number of Topliss-reactive ketones (excluding diaryl/α,β-unsaturated/α-hetero) is 1. The molecule has 0 saturated carbocycles. The molecule has 2 heterocycles. The second-order valence-electron chi connectivity index (χ2n) is 4.13. The maximum atomic E-state index is 11.8. The number of ether oxygens (including phenoxy) is 1. The van der Waals surface area contributed by atoms with Crippen LogP contribution in [-0.2, 0) is 9.53 Å². The van der Waals surface area contributed by atoms with Crippen molar-refractivity contribution in [1.29, 1.82) is 0 Å². The van der Waals surface area contributed by atoms with Crippen molar-refractivity contribution >= 4 is 27.5 Å². The molecule has 0 spiro atoms. The Hall–Kier alpha value is -1.23. The zero-order chi connectivity index (χ0) is 11.9. The van der Waals surface area contributed by atoms with E-state index < -0.39 is 5.60 Å². The number of aryl methyl sites for hydroxylation is 1. The summed E-state index contributed by atoms with van der Waals surface area (Å²) in [5.41, 5.74) is 0.524. The van der Waals surface area contributed by atoms with Gasteiger partial charge in [-0.2, -0.15) is 0 Å². The molecular formula is C11H11BrN2O2. The van der Waals surface area contributed by atoms with Gasteiger partial charge in [-0.1, -0.05) is 0 Å². The van der Waals surface area contributed by atoms with E-state index in [2.05, 4.69) is 25.9 Å². The van der Waals surface area contributed by atoms with Crippen LogP contribution in [0.1, 0.15) is 25.2 Å². The summed E-state index contributed by atoms with van der Waals surface area (Å²) in [6.45, 7) is 5.30. The molecule has 1 aliphatic heterocycles. The Balaban J connectivity index is 2.47. The van der Waals surface area contributed by atoms with Crippen LogP contribution in [-0.4, -0.2) is 21.4 Å².